The zero-order valence-corrected chi connectivity index (χ0v) is 11.8. The SMILES string of the molecule is CCc1nn(C)c(CNCC(C)(C)CO)c1Cl. The summed E-state index contributed by atoms with van der Waals surface area (Å²) in [4.78, 5) is 0. The highest BCUT2D eigenvalue weighted by atomic mass is 35.5. The minimum atomic E-state index is -0.112. The molecule has 0 aliphatic heterocycles. The number of aliphatic hydroxyl groups excluding tert-OH is 1. The third-order valence-electron chi connectivity index (χ3n) is 2.83. The van der Waals surface area contributed by atoms with E-state index in [0.29, 0.717) is 6.54 Å². The molecule has 0 aliphatic rings. The van der Waals surface area contributed by atoms with E-state index in [1.54, 1.807) is 0 Å². The maximum Gasteiger partial charge on any atom is 0.0863 e. The number of halogens is 1. The largest absolute Gasteiger partial charge is 0.396 e. The standard InChI is InChI=1S/C12H22ClN3O/c1-5-9-11(13)10(16(4)15-9)6-14-7-12(2,3)8-17/h14,17H,5-8H2,1-4H3. The third-order valence-corrected chi connectivity index (χ3v) is 3.26. The van der Waals surface area contributed by atoms with Gasteiger partial charge in [-0.3, -0.25) is 4.68 Å². The smallest absolute Gasteiger partial charge is 0.0863 e. The molecule has 5 heteroatoms. The van der Waals surface area contributed by atoms with Crippen molar-refractivity contribution in [2.45, 2.75) is 33.7 Å². The predicted molar refractivity (Wildman–Crippen MR) is 70.2 cm³/mol. The lowest BCUT2D eigenvalue weighted by molar-refractivity contribution is 0.156. The molecule has 0 aromatic carbocycles. The molecule has 4 nitrogen and oxygen atoms in total. The normalized spacial score (nSPS) is 12.1. The Kier molecular flexibility index (Phi) is 4.98. The molecule has 0 radical (unpaired) electrons. The van der Waals surface area contributed by atoms with Crippen LogP contribution < -0.4 is 5.32 Å². The summed E-state index contributed by atoms with van der Waals surface area (Å²) < 4.78 is 1.82. The molecule has 0 unspecified atom stereocenters. The Morgan fingerprint density at radius 1 is 1.47 bits per heavy atom. The second-order valence-electron chi connectivity index (χ2n) is 5.11. The highest BCUT2D eigenvalue weighted by molar-refractivity contribution is 6.31. The topological polar surface area (TPSA) is 50.1 Å². The number of hydrogen-bond acceptors (Lipinski definition) is 3. The molecule has 0 fully saturated rings. The van der Waals surface area contributed by atoms with Crippen molar-refractivity contribution >= 4 is 11.6 Å². The Morgan fingerprint density at radius 3 is 2.59 bits per heavy atom. The predicted octanol–water partition coefficient (Wildman–Crippen LogP) is 1.74. The fourth-order valence-corrected chi connectivity index (χ4v) is 1.95. The lowest BCUT2D eigenvalue weighted by Gasteiger charge is -2.21. The zero-order chi connectivity index (χ0) is 13.1. The first kappa shape index (κ1) is 14.5. The second kappa shape index (κ2) is 5.85. The fraction of sp³-hybridized carbons (Fsp3) is 0.750. The summed E-state index contributed by atoms with van der Waals surface area (Å²) in [7, 11) is 1.90. The van der Waals surface area contributed by atoms with Crippen LogP contribution in [0.3, 0.4) is 0 Å². The molecule has 2 N–H and O–H groups in total. The molecule has 0 aliphatic carbocycles. The van der Waals surface area contributed by atoms with E-state index in [0.717, 1.165) is 29.4 Å². The number of rotatable bonds is 6. The summed E-state index contributed by atoms with van der Waals surface area (Å²) >= 11 is 6.24. The fourth-order valence-electron chi connectivity index (χ4n) is 1.59. The first-order chi connectivity index (χ1) is 7.91. The van der Waals surface area contributed by atoms with Gasteiger partial charge in [-0.1, -0.05) is 32.4 Å². The van der Waals surface area contributed by atoms with Gasteiger partial charge >= 0.3 is 0 Å². The van der Waals surface area contributed by atoms with Crippen LogP contribution >= 0.6 is 11.6 Å². The van der Waals surface area contributed by atoms with E-state index in [-0.39, 0.29) is 12.0 Å². The highest BCUT2D eigenvalue weighted by Gasteiger charge is 2.17. The van der Waals surface area contributed by atoms with Crippen LogP contribution in [-0.2, 0) is 20.0 Å². The minimum Gasteiger partial charge on any atom is -0.396 e. The number of aromatic nitrogens is 2. The van der Waals surface area contributed by atoms with Gasteiger partial charge in [0.1, 0.15) is 0 Å². The van der Waals surface area contributed by atoms with Gasteiger partial charge in [0, 0.05) is 32.2 Å². The van der Waals surface area contributed by atoms with Gasteiger partial charge in [0.25, 0.3) is 0 Å². The van der Waals surface area contributed by atoms with Crippen molar-refractivity contribution < 1.29 is 5.11 Å². The second-order valence-corrected chi connectivity index (χ2v) is 5.49. The van der Waals surface area contributed by atoms with E-state index < -0.39 is 0 Å². The first-order valence-electron chi connectivity index (χ1n) is 5.93. The molecular weight excluding hydrogens is 238 g/mol. The first-order valence-corrected chi connectivity index (χ1v) is 6.31. The molecule has 0 spiro atoms. The Bertz CT molecular complexity index is 374. The van der Waals surface area contributed by atoms with Gasteiger partial charge in [-0.15, -0.1) is 0 Å². The molecule has 1 aromatic rings. The molecule has 0 atom stereocenters. The molecular formula is C12H22ClN3O. The quantitative estimate of drug-likeness (QED) is 0.818. The van der Waals surface area contributed by atoms with Crippen molar-refractivity contribution in [2.24, 2.45) is 12.5 Å². The Balaban J connectivity index is 2.61. The van der Waals surface area contributed by atoms with Crippen molar-refractivity contribution in [3.63, 3.8) is 0 Å². The van der Waals surface area contributed by atoms with Gasteiger partial charge < -0.3 is 10.4 Å². The third kappa shape index (κ3) is 3.69. The van der Waals surface area contributed by atoms with Crippen molar-refractivity contribution in [1.82, 2.24) is 15.1 Å². The number of aliphatic hydroxyl groups is 1. The van der Waals surface area contributed by atoms with Crippen LogP contribution in [0.5, 0.6) is 0 Å². The molecule has 0 saturated carbocycles. The summed E-state index contributed by atoms with van der Waals surface area (Å²) in [5.41, 5.74) is 1.82. The Labute approximate surface area is 108 Å². The monoisotopic (exact) mass is 259 g/mol. The van der Waals surface area contributed by atoms with Crippen LogP contribution in [0.15, 0.2) is 0 Å². The van der Waals surface area contributed by atoms with Crippen molar-refractivity contribution in [3.8, 4) is 0 Å². The average Bonchev–Trinajstić information content (AvgIpc) is 2.56. The van der Waals surface area contributed by atoms with Gasteiger partial charge in [0.05, 0.1) is 16.4 Å². The zero-order valence-electron chi connectivity index (χ0n) is 11.0. The number of nitrogens with zero attached hydrogens (tertiary/aromatic N) is 2. The van der Waals surface area contributed by atoms with E-state index in [9.17, 15) is 0 Å². The summed E-state index contributed by atoms with van der Waals surface area (Å²) in [6.07, 6.45) is 0.842. The molecule has 1 rings (SSSR count). The van der Waals surface area contributed by atoms with E-state index >= 15 is 0 Å². The molecule has 1 heterocycles. The lowest BCUT2D eigenvalue weighted by Crippen LogP contribution is -2.32. The number of hydrogen-bond donors (Lipinski definition) is 2. The van der Waals surface area contributed by atoms with Crippen LogP contribution in [0.2, 0.25) is 5.02 Å². The summed E-state index contributed by atoms with van der Waals surface area (Å²) in [5.74, 6) is 0. The van der Waals surface area contributed by atoms with Gasteiger partial charge in [-0.25, -0.2) is 0 Å². The minimum absolute atomic E-state index is 0.112. The Hall–Kier alpha value is -0.580. The summed E-state index contributed by atoms with van der Waals surface area (Å²) in [5, 5.41) is 17.6. The maximum atomic E-state index is 9.16. The maximum absolute atomic E-state index is 9.16. The van der Waals surface area contributed by atoms with Crippen LogP contribution in [-0.4, -0.2) is 28.0 Å². The van der Waals surface area contributed by atoms with Gasteiger partial charge in [-0.2, -0.15) is 5.10 Å². The van der Waals surface area contributed by atoms with Gasteiger partial charge in [0.15, 0.2) is 0 Å². The summed E-state index contributed by atoms with van der Waals surface area (Å²) in [6.45, 7) is 7.66. The molecule has 0 saturated heterocycles. The van der Waals surface area contributed by atoms with Gasteiger partial charge in [-0.05, 0) is 6.42 Å². The average molecular weight is 260 g/mol. The molecule has 17 heavy (non-hydrogen) atoms. The van der Waals surface area contributed by atoms with E-state index in [2.05, 4.69) is 10.4 Å². The van der Waals surface area contributed by atoms with Crippen LogP contribution in [0, 0.1) is 5.41 Å². The van der Waals surface area contributed by atoms with Crippen LogP contribution in [0.25, 0.3) is 0 Å². The summed E-state index contributed by atoms with van der Waals surface area (Å²) in [6, 6.07) is 0. The molecule has 0 amide bonds. The van der Waals surface area contributed by atoms with Crippen molar-refractivity contribution in [3.05, 3.63) is 16.4 Å². The van der Waals surface area contributed by atoms with Crippen molar-refractivity contribution in [1.29, 1.82) is 0 Å². The van der Waals surface area contributed by atoms with Crippen LogP contribution in [0.1, 0.15) is 32.2 Å². The van der Waals surface area contributed by atoms with Crippen LogP contribution in [0.4, 0.5) is 0 Å². The Morgan fingerprint density at radius 2 is 2.12 bits per heavy atom. The number of aryl methyl sites for hydroxylation is 2. The lowest BCUT2D eigenvalue weighted by atomic mass is 9.95. The van der Waals surface area contributed by atoms with E-state index in [1.165, 1.54) is 0 Å². The van der Waals surface area contributed by atoms with E-state index in [4.69, 9.17) is 16.7 Å². The highest BCUT2D eigenvalue weighted by Crippen LogP contribution is 2.21. The molecule has 1 aromatic heterocycles. The van der Waals surface area contributed by atoms with E-state index in [1.807, 2.05) is 32.5 Å². The van der Waals surface area contributed by atoms with Crippen molar-refractivity contribution in [2.75, 3.05) is 13.2 Å². The molecule has 98 valence electrons. The molecule has 0 bridgehead atoms. The van der Waals surface area contributed by atoms with Gasteiger partial charge in [0.2, 0.25) is 0 Å². The number of nitrogens with one attached hydrogen (secondary N) is 1.